The number of hydrogen-bond donors (Lipinski definition) is 2. The van der Waals surface area contributed by atoms with Gasteiger partial charge >= 0.3 is 6.03 Å². The molecule has 0 unspecified atom stereocenters. The molecule has 0 aromatic carbocycles. The molecule has 4 amide bonds. The maximum Gasteiger partial charge on any atom is 0.328 e. The van der Waals surface area contributed by atoms with E-state index in [1.54, 1.807) is 10.6 Å². The Labute approximate surface area is 107 Å². The molecule has 5 nitrogen and oxygen atoms in total. The smallest absolute Gasteiger partial charge is 0.277 e. The number of carbonyl (C=O) groups excluding carboxylic acids is 3. The van der Waals surface area contributed by atoms with Crippen LogP contribution in [0.25, 0.3) is 0 Å². The fourth-order valence-electron chi connectivity index (χ4n) is 1.26. The zero-order valence-electron chi connectivity index (χ0n) is 17.2. The first-order valence-corrected chi connectivity index (χ1v) is 4.28. The average Bonchev–Trinajstić information content (AvgIpc) is 2.40. The van der Waals surface area contributed by atoms with E-state index >= 15 is 0 Å². The van der Waals surface area contributed by atoms with Crippen LogP contribution in [0.15, 0.2) is 12.7 Å². The summed E-state index contributed by atoms with van der Waals surface area (Å²) < 4.78 is 68.4. The third kappa shape index (κ3) is 2.13. The summed E-state index contributed by atoms with van der Waals surface area (Å²) in [6.45, 7) is -0.345. The molecule has 0 saturated carbocycles. The van der Waals surface area contributed by atoms with Crippen molar-refractivity contribution in [3.8, 4) is 0 Å². The van der Waals surface area contributed by atoms with E-state index in [0.29, 0.717) is 0 Å². The molecule has 1 aliphatic rings. The second kappa shape index (κ2) is 4.92. The molecule has 0 spiro atoms. The lowest BCUT2D eigenvalue weighted by Crippen LogP contribution is -2.62. The predicted octanol–water partition coefficient (Wildman–Crippen LogP) is 1.11. The Bertz CT molecular complexity index is 607. The van der Waals surface area contributed by atoms with Crippen LogP contribution in [-0.4, -0.2) is 17.8 Å². The van der Waals surface area contributed by atoms with Gasteiger partial charge in [0.05, 0.1) is 0 Å². The van der Waals surface area contributed by atoms with Crippen molar-refractivity contribution in [3.63, 3.8) is 0 Å². The maximum atomic E-state index is 12.3. The van der Waals surface area contributed by atoms with Crippen LogP contribution in [-0.2, 0) is 9.59 Å². The van der Waals surface area contributed by atoms with Gasteiger partial charge in [0.2, 0.25) is 11.8 Å². The van der Waals surface area contributed by atoms with Gasteiger partial charge in [-0.1, -0.05) is 25.7 Å². The third-order valence-electron chi connectivity index (χ3n) is 2.02. The van der Waals surface area contributed by atoms with Crippen molar-refractivity contribution >= 4 is 17.8 Å². The van der Waals surface area contributed by atoms with Gasteiger partial charge in [-0.15, -0.1) is 6.58 Å². The Morgan fingerprint density at radius 2 is 2.06 bits per heavy atom. The molecule has 16 heavy (non-hydrogen) atoms. The van der Waals surface area contributed by atoms with Gasteiger partial charge in [-0.25, -0.2) is 4.79 Å². The Kier molecular flexibility index (Phi) is 1.44. The van der Waals surface area contributed by atoms with Crippen LogP contribution in [0.3, 0.4) is 0 Å². The minimum Gasteiger partial charge on any atom is -0.277 e. The summed E-state index contributed by atoms with van der Waals surface area (Å²) in [6.07, 6.45) is -11.2. The highest BCUT2D eigenvalue weighted by atomic mass is 16.2. The Hall–Kier alpha value is -1.65. The highest BCUT2D eigenvalue weighted by molar-refractivity contribution is 6.19. The molecule has 0 aliphatic carbocycles. The van der Waals surface area contributed by atoms with E-state index in [1.165, 1.54) is 0 Å². The van der Waals surface area contributed by atoms with Crippen molar-refractivity contribution in [3.05, 3.63) is 12.7 Å². The Morgan fingerprint density at radius 1 is 1.44 bits per heavy atom. The molecule has 0 atom stereocenters. The molecule has 5 heteroatoms. The van der Waals surface area contributed by atoms with Crippen LogP contribution in [0.1, 0.15) is 44.7 Å². The summed E-state index contributed by atoms with van der Waals surface area (Å²) in [5, 5.41) is 3.25. The van der Waals surface area contributed by atoms with Gasteiger partial charge < -0.3 is 0 Å². The number of barbiturate groups is 1. The first-order chi connectivity index (χ1) is 11.0. The number of hydrogen-bond acceptors (Lipinski definition) is 3. The topological polar surface area (TPSA) is 75.3 Å². The molecule has 0 aromatic heterocycles. The molecule has 0 bridgehead atoms. The van der Waals surface area contributed by atoms with E-state index in [2.05, 4.69) is 6.58 Å². The van der Waals surface area contributed by atoms with Crippen LogP contribution in [0, 0.1) is 5.41 Å². The van der Waals surface area contributed by atoms with Gasteiger partial charge in [0.1, 0.15) is 5.41 Å². The van der Waals surface area contributed by atoms with E-state index in [1.807, 2.05) is 0 Å². The van der Waals surface area contributed by atoms with Gasteiger partial charge in [0, 0.05) is 12.3 Å². The summed E-state index contributed by atoms with van der Waals surface area (Å²) in [4.78, 5) is 35.8. The summed E-state index contributed by atoms with van der Waals surface area (Å²) in [5.41, 5.74) is -2.94. The van der Waals surface area contributed by atoms with Crippen molar-refractivity contribution in [1.29, 1.82) is 0 Å². The number of urea groups is 1. The number of amides is 4. The third-order valence-corrected chi connectivity index (χ3v) is 2.02. The largest absolute Gasteiger partial charge is 0.328 e. The van der Waals surface area contributed by atoms with Crippen LogP contribution in [0.4, 0.5) is 4.79 Å². The van der Waals surface area contributed by atoms with Gasteiger partial charge in [0.25, 0.3) is 0 Å². The molecule has 1 heterocycles. The summed E-state index contributed by atoms with van der Waals surface area (Å²) in [5.74, 6) is -3.03. The summed E-state index contributed by atoms with van der Waals surface area (Å²) in [6, 6.07) is -1.26. The molecule has 1 rings (SSSR count). The molecular weight excluding hydrogens is 208 g/mol. The molecule has 1 aliphatic heterocycles. The van der Waals surface area contributed by atoms with Crippen molar-refractivity contribution in [2.24, 2.45) is 5.41 Å². The van der Waals surface area contributed by atoms with Crippen LogP contribution in [0.5, 0.6) is 0 Å². The number of carbonyl (C=O) groups is 3. The fourth-order valence-corrected chi connectivity index (χ4v) is 1.26. The lowest BCUT2D eigenvalue weighted by molar-refractivity contribution is -0.144. The number of imide groups is 2. The Balaban J connectivity index is 3.69. The summed E-state index contributed by atoms with van der Waals surface area (Å²) in [7, 11) is 0. The number of rotatable bonds is 5. The average molecular weight is 233 g/mol. The lowest BCUT2D eigenvalue weighted by Gasteiger charge is -2.33. The van der Waals surface area contributed by atoms with Crippen LogP contribution < -0.4 is 10.6 Å². The van der Waals surface area contributed by atoms with Gasteiger partial charge in [-0.05, 0) is 12.8 Å². The van der Waals surface area contributed by atoms with Crippen molar-refractivity contribution in [1.82, 2.24) is 10.6 Å². The van der Waals surface area contributed by atoms with Crippen molar-refractivity contribution in [2.75, 3.05) is 0 Å². The van der Waals surface area contributed by atoms with Gasteiger partial charge in [-0.2, -0.15) is 0 Å². The highest BCUT2D eigenvalue weighted by Gasteiger charge is 2.48. The first-order valence-electron chi connectivity index (χ1n) is 8.78. The predicted molar refractivity (Wildman–Crippen MR) is 58.5 cm³/mol. The van der Waals surface area contributed by atoms with Gasteiger partial charge in [0.15, 0.2) is 0 Å². The minimum absolute atomic E-state index is 0.804. The zero-order chi connectivity index (χ0) is 20.1. The molecule has 88 valence electrons. The quantitative estimate of drug-likeness (QED) is 0.551. The van der Waals surface area contributed by atoms with E-state index in [4.69, 9.17) is 12.3 Å². The van der Waals surface area contributed by atoms with E-state index < -0.39 is 55.7 Å². The molecule has 2 N–H and O–H groups in total. The van der Waals surface area contributed by atoms with E-state index in [0.717, 1.165) is 6.08 Å². The number of nitrogens with one attached hydrogen (secondary N) is 2. The van der Waals surface area contributed by atoms with Crippen LogP contribution in [0.2, 0.25) is 0 Å². The van der Waals surface area contributed by atoms with Gasteiger partial charge in [-0.3, -0.25) is 20.2 Å². The monoisotopic (exact) mass is 233 g/mol. The zero-order valence-corrected chi connectivity index (χ0v) is 8.22. The molecule has 1 saturated heterocycles. The summed E-state index contributed by atoms with van der Waals surface area (Å²) >= 11 is 0. The second-order valence-electron chi connectivity index (χ2n) is 3.01. The second-order valence-corrected chi connectivity index (χ2v) is 3.01. The maximum absolute atomic E-state index is 12.3. The van der Waals surface area contributed by atoms with Crippen molar-refractivity contribution < 1.29 is 26.7 Å². The minimum atomic E-state index is -3.83. The first kappa shape index (κ1) is 4.69. The normalized spacial score (nSPS) is 30.8. The van der Waals surface area contributed by atoms with Crippen LogP contribution >= 0.6 is 0 Å². The molecule has 1 fully saturated rings. The lowest BCUT2D eigenvalue weighted by atomic mass is 9.77. The number of allylic oxidation sites excluding steroid dienone is 1. The highest BCUT2D eigenvalue weighted by Crippen LogP contribution is 2.31. The van der Waals surface area contributed by atoms with Crippen molar-refractivity contribution in [2.45, 2.75) is 32.4 Å². The Morgan fingerprint density at radius 3 is 2.56 bits per heavy atom. The molecule has 0 aromatic rings. The fraction of sp³-hybridized carbons (Fsp3) is 0.545. The molecular formula is C11H16N2O3. The molecule has 0 radical (unpaired) electrons. The SMILES string of the molecule is [2H]C([2H])([2H])C([2H])([2H])C([2H])([2H])C([2H])([2H])C1(CC=C)C(=O)NC(=O)NC1=O. The van der Waals surface area contributed by atoms with E-state index in [9.17, 15) is 14.4 Å². The van der Waals surface area contributed by atoms with E-state index in [-0.39, 0.29) is 0 Å². The standard InChI is InChI=1S/C11H16N2O3/c1-3-5-7-11(6-4-2)8(14)12-10(16)13-9(11)15/h4H,2-3,5-7H2,1H3,(H2,12,13,14,15,16)/i1D3,3D2,5D2,7D2.